The fourth-order valence-electron chi connectivity index (χ4n) is 2.44. The Labute approximate surface area is 179 Å². The Morgan fingerprint density at radius 1 is 1.42 bits per heavy atom. The lowest BCUT2D eigenvalue weighted by Gasteiger charge is -2.22. The lowest BCUT2D eigenvalue weighted by Crippen LogP contribution is -2.38. The summed E-state index contributed by atoms with van der Waals surface area (Å²) in [5.74, 6) is 0.328. The van der Waals surface area contributed by atoms with Crippen LogP contribution in [0, 0.1) is 17.1 Å². The summed E-state index contributed by atoms with van der Waals surface area (Å²) in [6.07, 6.45) is 2.00. The van der Waals surface area contributed by atoms with E-state index >= 15 is 0 Å². The van der Waals surface area contributed by atoms with Crippen LogP contribution >= 0.6 is 39.9 Å². The molecule has 0 saturated heterocycles. The lowest BCUT2D eigenvalue weighted by atomic mass is 10.1. The number of rotatable bonds is 5. The normalized spacial score (nSPS) is 10.8. The third-order valence-electron chi connectivity index (χ3n) is 3.74. The first-order valence-corrected chi connectivity index (χ1v) is 8.72. The van der Waals surface area contributed by atoms with E-state index in [2.05, 4.69) is 32.3 Å². The molecule has 0 spiro atoms. The Kier molecular flexibility index (Phi) is 9.08. The van der Waals surface area contributed by atoms with Gasteiger partial charge in [-0.3, -0.25) is 0 Å². The SMILES string of the molecule is CCNC(=NCc1cc(C#N)ccc1F)N(C)Cc1cc(Br)cn1C.I. The van der Waals surface area contributed by atoms with Gasteiger partial charge in [0.25, 0.3) is 0 Å². The summed E-state index contributed by atoms with van der Waals surface area (Å²) in [6.45, 7) is 3.53. The van der Waals surface area contributed by atoms with Gasteiger partial charge in [-0.2, -0.15) is 5.26 Å². The quantitative estimate of drug-likeness (QED) is 0.359. The highest BCUT2D eigenvalue weighted by molar-refractivity contribution is 14.0. The summed E-state index contributed by atoms with van der Waals surface area (Å²) in [5, 5.41) is 12.2. The average Bonchev–Trinajstić information content (AvgIpc) is 2.90. The zero-order valence-corrected chi connectivity index (χ0v) is 18.9. The predicted molar refractivity (Wildman–Crippen MR) is 116 cm³/mol. The smallest absolute Gasteiger partial charge is 0.194 e. The Bertz CT molecular complexity index is 812. The van der Waals surface area contributed by atoms with Gasteiger partial charge < -0.3 is 14.8 Å². The van der Waals surface area contributed by atoms with Crippen LogP contribution in [0.3, 0.4) is 0 Å². The second kappa shape index (κ2) is 10.5. The van der Waals surface area contributed by atoms with Crippen molar-refractivity contribution >= 4 is 45.9 Å². The van der Waals surface area contributed by atoms with Crippen molar-refractivity contribution < 1.29 is 4.39 Å². The number of aryl methyl sites for hydroxylation is 1. The van der Waals surface area contributed by atoms with E-state index in [1.165, 1.54) is 18.2 Å². The number of nitrogens with one attached hydrogen (secondary N) is 1. The molecule has 0 unspecified atom stereocenters. The molecule has 0 aliphatic carbocycles. The Morgan fingerprint density at radius 2 is 2.15 bits per heavy atom. The molecule has 0 saturated carbocycles. The molecule has 5 nitrogen and oxygen atoms in total. The van der Waals surface area contributed by atoms with Crippen molar-refractivity contribution in [1.82, 2.24) is 14.8 Å². The number of halogens is 3. The van der Waals surface area contributed by atoms with Crippen molar-refractivity contribution in [1.29, 1.82) is 5.26 Å². The summed E-state index contributed by atoms with van der Waals surface area (Å²) in [6, 6.07) is 8.39. The molecule has 0 aliphatic rings. The van der Waals surface area contributed by atoms with E-state index in [1.807, 2.05) is 42.8 Å². The Balaban J connectivity index is 0.00000338. The van der Waals surface area contributed by atoms with E-state index in [-0.39, 0.29) is 36.3 Å². The molecule has 0 aliphatic heterocycles. The molecule has 1 aromatic carbocycles. The number of guanidine groups is 1. The van der Waals surface area contributed by atoms with Crippen LogP contribution in [-0.4, -0.2) is 29.0 Å². The molecular weight excluding hydrogens is 512 g/mol. The zero-order chi connectivity index (χ0) is 18.4. The minimum absolute atomic E-state index is 0. The van der Waals surface area contributed by atoms with Crippen molar-refractivity contribution in [3.63, 3.8) is 0 Å². The largest absolute Gasteiger partial charge is 0.357 e. The zero-order valence-electron chi connectivity index (χ0n) is 15.0. The van der Waals surface area contributed by atoms with E-state index in [0.717, 1.165) is 10.2 Å². The van der Waals surface area contributed by atoms with Gasteiger partial charge in [-0.1, -0.05) is 0 Å². The number of benzene rings is 1. The van der Waals surface area contributed by atoms with Gasteiger partial charge in [0.05, 0.1) is 24.7 Å². The molecule has 1 N–H and O–H groups in total. The van der Waals surface area contributed by atoms with Gasteiger partial charge in [0.2, 0.25) is 0 Å². The fourth-order valence-corrected chi connectivity index (χ4v) is 3.01. The van der Waals surface area contributed by atoms with Crippen LogP contribution in [0.15, 0.2) is 39.9 Å². The van der Waals surface area contributed by atoms with Gasteiger partial charge in [-0.05, 0) is 47.1 Å². The third-order valence-corrected chi connectivity index (χ3v) is 4.18. The van der Waals surface area contributed by atoms with Crippen LogP contribution in [0.2, 0.25) is 0 Å². The van der Waals surface area contributed by atoms with E-state index in [9.17, 15) is 4.39 Å². The molecule has 8 heteroatoms. The number of hydrogen-bond acceptors (Lipinski definition) is 2. The summed E-state index contributed by atoms with van der Waals surface area (Å²) in [7, 11) is 3.92. The highest BCUT2D eigenvalue weighted by Gasteiger charge is 2.10. The van der Waals surface area contributed by atoms with Crippen LogP contribution in [0.5, 0.6) is 0 Å². The summed E-state index contributed by atoms with van der Waals surface area (Å²) < 4.78 is 17.0. The average molecular weight is 534 g/mol. The molecule has 0 fully saturated rings. The van der Waals surface area contributed by atoms with Crippen LogP contribution in [0.25, 0.3) is 0 Å². The monoisotopic (exact) mass is 533 g/mol. The van der Waals surface area contributed by atoms with Crippen molar-refractivity contribution in [2.24, 2.45) is 12.0 Å². The van der Waals surface area contributed by atoms with E-state index in [1.54, 1.807) is 0 Å². The van der Waals surface area contributed by atoms with Gasteiger partial charge >= 0.3 is 0 Å². The molecule has 0 bridgehead atoms. The number of aromatic nitrogens is 1. The van der Waals surface area contributed by atoms with Crippen LogP contribution in [0.1, 0.15) is 23.7 Å². The molecule has 2 rings (SSSR count). The maximum atomic E-state index is 13.9. The molecular formula is C18H22BrFIN5. The molecule has 140 valence electrons. The number of hydrogen-bond donors (Lipinski definition) is 1. The molecule has 0 amide bonds. The third kappa shape index (κ3) is 5.99. The number of nitrogens with zero attached hydrogens (tertiary/aromatic N) is 4. The second-order valence-electron chi connectivity index (χ2n) is 5.70. The minimum atomic E-state index is -0.354. The van der Waals surface area contributed by atoms with E-state index in [4.69, 9.17) is 5.26 Å². The van der Waals surface area contributed by atoms with E-state index < -0.39 is 0 Å². The summed E-state index contributed by atoms with van der Waals surface area (Å²) in [4.78, 5) is 6.50. The summed E-state index contributed by atoms with van der Waals surface area (Å²) in [5.41, 5.74) is 1.96. The van der Waals surface area contributed by atoms with Crippen LogP contribution in [0.4, 0.5) is 4.39 Å². The maximum Gasteiger partial charge on any atom is 0.194 e. The van der Waals surface area contributed by atoms with Crippen LogP contribution in [-0.2, 0) is 20.1 Å². The Morgan fingerprint density at radius 3 is 2.73 bits per heavy atom. The van der Waals surface area contributed by atoms with Gasteiger partial charge in [-0.25, -0.2) is 9.38 Å². The maximum absolute atomic E-state index is 13.9. The minimum Gasteiger partial charge on any atom is -0.357 e. The second-order valence-corrected chi connectivity index (χ2v) is 6.62. The number of aliphatic imine (C=N–C) groups is 1. The van der Waals surface area contributed by atoms with Gasteiger partial charge in [-0.15, -0.1) is 24.0 Å². The highest BCUT2D eigenvalue weighted by atomic mass is 127. The highest BCUT2D eigenvalue weighted by Crippen LogP contribution is 2.15. The van der Waals surface area contributed by atoms with Crippen molar-refractivity contribution in [3.8, 4) is 6.07 Å². The fraction of sp³-hybridized carbons (Fsp3) is 0.333. The predicted octanol–water partition coefficient (Wildman–Crippen LogP) is 4.01. The first-order chi connectivity index (χ1) is 11.9. The topological polar surface area (TPSA) is 56.4 Å². The first kappa shape index (κ1) is 22.4. The molecule has 2 aromatic rings. The molecule has 1 heterocycles. The molecule has 26 heavy (non-hydrogen) atoms. The van der Waals surface area contributed by atoms with E-state index in [0.29, 0.717) is 30.2 Å². The van der Waals surface area contributed by atoms with Crippen molar-refractivity contribution in [2.75, 3.05) is 13.6 Å². The molecule has 0 radical (unpaired) electrons. The van der Waals surface area contributed by atoms with Crippen molar-refractivity contribution in [3.05, 3.63) is 57.6 Å². The standard InChI is InChI=1S/C18H21BrFN5.HI/c1-4-22-18(25(3)12-16-8-15(19)11-24(16)2)23-10-14-7-13(9-21)5-6-17(14)20;/h5-8,11H,4,10,12H2,1-3H3,(H,22,23);1H. The van der Waals surface area contributed by atoms with Gasteiger partial charge in [0.1, 0.15) is 5.82 Å². The number of nitriles is 1. The van der Waals surface area contributed by atoms with Crippen LogP contribution < -0.4 is 5.32 Å². The van der Waals surface area contributed by atoms with Crippen molar-refractivity contribution in [2.45, 2.75) is 20.0 Å². The Hall–Kier alpha value is -1.60. The molecule has 0 atom stereocenters. The lowest BCUT2D eigenvalue weighted by molar-refractivity contribution is 0.461. The molecule has 1 aromatic heterocycles. The first-order valence-electron chi connectivity index (χ1n) is 7.93. The summed E-state index contributed by atoms with van der Waals surface area (Å²) >= 11 is 3.47. The van der Waals surface area contributed by atoms with Gasteiger partial charge in [0, 0.05) is 42.6 Å². The van der Waals surface area contributed by atoms with Gasteiger partial charge in [0.15, 0.2) is 5.96 Å².